The van der Waals surface area contributed by atoms with E-state index in [1.165, 1.54) is 37.4 Å². The zero-order valence-corrected chi connectivity index (χ0v) is 17.9. The zero-order valence-electron chi connectivity index (χ0n) is 15.3. The van der Waals surface area contributed by atoms with Crippen LogP contribution in [0.5, 0.6) is 0 Å². The van der Waals surface area contributed by atoms with Crippen molar-refractivity contribution in [3.8, 4) is 0 Å². The summed E-state index contributed by atoms with van der Waals surface area (Å²) in [5.41, 5.74) is -2.56. The Morgan fingerprint density at radius 2 is 1.89 bits per heavy atom. The maximum atomic E-state index is 12.5. The molecular weight excluding hydrogens is 425 g/mol. The van der Waals surface area contributed by atoms with Gasteiger partial charge in [0.2, 0.25) is 5.16 Å². The Balaban J connectivity index is 2.40. The van der Waals surface area contributed by atoms with Gasteiger partial charge in [-0.2, -0.15) is 9.78 Å². The predicted octanol–water partition coefficient (Wildman–Crippen LogP) is 3.13. The van der Waals surface area contributed by atoms with Crippen molar-refractivity contribution < 1.29 is 14.0 Å². The molecule has 0 saturated heterocycles. The van der Waals surface area contributed by atoms with Gasteiger partial charge in [-0.3, -0.25) is 14.9 Å². The van der Waals surface area contributed by atoms with Crippen LogP contribution in [0.25, 0.3) is 0 Å². The zero-order chi connectivity index (χ0) is 20.7. The second kappa shape index (κ2) is 9.99. The number of aryl methyl sites for hydroxylation is 1. The number of non-ortho nitro benzene ring substituents is 1. The molecule has 0 bridgehead atoms. The van der Waals surface area contributed by atoms with E-state index in [9.17, 15) is 14.9 Å². The summed E-state index contributed by atoms with van der Waals surface area (Å²) in [6.45, 7) is 5.80. The molecule has 2 rings (SSSR count). The molecule has 0 amide bonds. The summed E-state index contributed by atoms with van der Waals surface area (Å²) in [4.78, 5) is 22.7. The van der Waals surface area contributed by atoms with Gasteiger partial charge in [0, 0.05) is 23.5 Å². The van der Waals surface area contributed by atoms with Crippen molar-refractivity contribution in [1.82, 2.24) is 14.9 Å². The van der Waals surface area contributed by atoms with Crippen molar-refractivity contribution >= 4 is 40.8 Å². The van der Waals surface area contributed by atoms with Gasteiger partial charge < -0.3 is 9.05 Å². The highest BCUT2D eigenvalue weighted by atomic mass is 32.9. The average Bonchev–Trinajstić information content (AvgIpc) is 2.65. The van der Waals surface area contributed by atoms with Crippen LogP contribution in [-0.2, 0) is 20.9 Å². The van der Waals surface area contributed by atoms with Crippen molar-refractivity contribution in [2.45, 2.75) is 25.9 Å². The van der Waals surface area contributed by atoms with Crippen LogP contribution < -0.4 is 5.56 Å². The molecule has 1 aromatic heterocycles. The SMILES string of the molecule is CCOP(=S)(OCC)Sc1nnc(C)c(=O)n1/N=C/c1ccc([N+](=O)[O-])cc1. The topological polar surface area (TPSA) is 122 Å². The molecule has 0 atom stereocenters. The van der Waals surface area contributed by atoms with Crippen LogP contribution in [0.2, 0.25) is 0 Å². The molecule has 1 aromatic carbocycles. The molecule has 0 N–H and O–H groups in total. The minimum atomic E-state index is -2.78. The van der Waals surface area contributed by atoms with Gasteiger partial charge in [-0.25, -0.2) is 0 Å². The third-order valence-electron chi connectivity index (χ3n) is 3.16. The number of hydrogen-bond acceptors (Lipinski definition) is 10. The molecule has 0 unspecified atom stereocenters. The van der Waals surface area contributed by atoms with Gasteiger partial charge in [0.25, 0.3) is 16.9 Å². The molecular formula is C15H18N5O5PS2. The minimum Gasteiger partial charge on any atom is -0.322 e. The molecule has 1 heterocycles. The summed E-state index contributed by atoms with van der Waals surface area (Å²) in [5.74, 6) is 0. The number of nitrogens with zero attached hydrogens (tertiary/aromatic N) is 5. The van der Waals surface area contributed by atoms with Crippen LogP contribution >= 0.6 is 17.1 Å². The van der Waals surface area contributed by atoms with E-state index in [-0.39, 0.29) is 16.5 Å². The van der Waals surface area contributed by atoms with Crippen molar-refractivity contribution in [2.24, 2.45) is 5.10 Å². The van der Waals surface area contributed by atoms with E-state index in [0.29, 0.717) is 18.8 Å². The second-order valence-corrected chi connectivity index (χ2v) is 11.2. The maximum absolute atomic E-state index is 12.5. The van der Waals surface area contributed by atoms with Gasteiger partial charge in [-0.1, -0.05) is 0 Å². The highest BCUT2D eigenvalue weighted by Crippen LogP contribution is 2.63. The lowest BCUT2D eigenvalue weighted by Crippen LogP contribution is -2.23. The lowest BCUT2D eigenvalue weighted by molar-refractivity contribution is -0.384. The van der Waals surface area contributed by atoms with Gasteiger partial charge in [-0.15, -0.1) is 10.2 Å². The minimum absolute atomic E-state index is 0.0406. The van der Waals surface area contributed by atoms with Crippen molar-refractivity contribution in [3.05, 3.63) is 56.0 Å². The number of nitro benzene ring substituents is 1. The molecule has 28 heavy (non-hydrogen) atoms. The lowest BCUT2D eigenvalue weighted by atomic mass is 10.2. The quantitative estimate of drug-likeness (QED) is 0.249. The Labute approximate surface area is 170 Å². The van der Waals surface area contributed by atoms with E-state index in [0.717, 1.165) is 16.1 Å². The molecule has 0 saturated carbocycles. The Morgan fingerprint density at radius 3 is 2.43 bits per heavy atom. The third kappa shape index (κ3) is 5.76. The summed E-state index contributed by atoms with van der Waals surface area (Å²) in [6, 6.07) is 5.73. The Morgan fingerprint density at radius 1 is 1.29 bits per heavy atom. The van der Waals surface area contributed by atoms with Gasteiger partial charge in [-0.05, 0) is 50.3 Å². The molecule has 0 aliphatic heterocycles. The molecule has 0 aliphatic carbocycles. The Bertz CT molecular complexity index is 970. The van der Waals surface area contributed by atoms with E-state index in [1.807, 2.05) is 0 Å². The van der Waals surface area contributed by atoms with Crippen molar-refractivity contribution in [2.75, 3.05) is 13.2 Å². The Hall–Kier alpha value is -1.98. The molecule has 2 aromatic rings. The average molecular weight is 443 g/mol. The molecule has 0 fully saturated rings. The monoisotopic (exact) mass is 443 g/mol. The normalized spacial score (nSPS) is 11.8. The first kappa shape index (κ1) is 22.3. The molecule has 0 radical (unpaired) electrons. The van der Waals surface area contributed by atoms with E-state index >= 15 is 0 Å². The van der Waals surface area contributed by atoms with Gasteiger partial charge in [0.15, 0.2) is 0 Å². The molecule has 150 valence electrons. The van der Waals surface area contributed by atoms with Gasteiger partial charge in [0.05, 0.1) is 24.4 Å². The number of benzene rings is 1. The summed E-state index contributed by atoms with van der Waals surface area (Å²) in [7, 11) is 0. The standard InChI is InChI=1S/C15H18N5O5PS2/c1-4-24-26(27,25-5-2)28-15-18-17-11(3)14(21)19(15)16-10-12-6-8-13(9-7-12)20(22)23/h6-10H,4-5H2,1-3H3/b16-10+. The lowest BCUT2D eigenvalue weighted by Gasteiger charge is -2.19. The fourth-order valence-electron chi connectivity index (χ4n) is 1.91. The number of aromatic nitrogens is 3. The smallest absolute Gasteiger partial charge is 0.296 e. The fraction of sp³-hybridized carbons (Fsp3) is 0.333. The molecule has 0 spiro atoms. The van der Waals surface area contributed by atoms with Crippen LogP contribution in [0.4, 0.5) is 5.69 Å². The number of hydrogen-bond donors (Lipinski definition) is 0. The highest BCUT2D eigenvalue weighted by Gasteiger charge is 2.24. The van der Waals surface area contributed by atoms with Gasteiger partial charge >= 0.3 is 0 Å². The van der Waals surface area contributed by atoms with Crippen LogP contribution in [0.15, 0.2) is 39.3 Å². The van der Waals surface area contributed by atoms with Crippen molar-refractivity contribution in [1.29, 1.82) is 0 Å². The highest BCUT2D eigenvalue weighted by molar-refractivity contribution is 8.67. The maximum Gasteiger partial charge on any atom is 0.296 e. The second-order valence-electron chi connectivity index (χ2n) is 5.15. The largest absolute Gasteiger partial charge is 0.322 e. The van der Waals surface area contributed by atoms with Crippen LogP contribution in [0, 0.1) is 17.0 Å². The first-order valence-corrected chi connectivity index (χ1v) is 12.2. The fourth-order valence-corrected chi connectivity index (χ4v) is 6.33. The van der Waals surface area contributed by atoms with Crippen LogP contribution in [0.3, 0.4) is 0 Å². The summed E-state index contributed by atoms with van der Waals surface area (Å²) >= 11 is 6.46. The van der Waals surface area contributed by atoms with Crippen molar-refractivity contribution in [3.63, 3.8) is 0 Å². The van der Waals surface area contributed by atoms with E-state index in [2.05, 4.69) is 15.3 Å². The predicted molar refractivity (Wildman–Crippen MR) is 111 cm³/mol. The van der Waals surface area contributed by atoms with Crippen LogP contribution in [-0.4, -0.2) is 39.2 Å². The van der Waals surface area contributed by atoms with E-state index in [1.54, 1.807) is 13.8 Å². The van der Waals surface area contributed by atoms with E-state index < -0.39 is 16.2 Å². The van der Waals surface area contributed by atoms with Crippen LogP contribution in [0.1, 0.15) is 25.1 Å². The summed E-state index contributed by atoms with van der Waals surface area (Å²) in [5, 5.41) is 22.9. The molecule has 10 nitrogen and oxygen atoms in total. The third-order valence-corrected chi connectivity index (χ3v) is 8.05. The summed E-state index contributed by atoms with van der Waals surface area (Å²) in [6.07, 6.45) is 1.39. The van der Waals surface area contributed by atoms with Gasteiger partial charge in [0.1, 0.15) is 5.69 Å². The number of nitro groups is 1. The number of rotatable bonds is 9. The molecule has 13 heteroatoms. The first-order valence-electron chi connectivity index (χ1n) is 8.13. The molecule has 0 aliphatic rings. The Kier molecular flexibility index (Phi) is 7.96. The van der Waals surface area contributed by atoms with E-state index in [4.69, 9.17) is 20.9 Å². The first-order chi connectivity index (χ1) is 13.3. The summed E-state index contributed by atoms with van der Waals surface area (Å²) < 4.78 is 12.2.